The molecule has 0 aliphatic heterocycles. The number of halogens is 5. The molecule has 5 aromatic carbocycles. The van der Waals surface area contributed by atoms with Gasteiger partial charge in [0.05, 0.1) is 40.0 Å². The molecule has 0 aliphatic rings. The Hall–Kier alpha value is -6.43. The van der Waals surface area contributed by atoms with Crippen molar-refractivity contribution >= 4 is 127 Å². The summed E-state index contributed by atoms with van der Waals surface area (Å²) in [6.45, 7) is 8.29. The molecule has 5 aromatic rings. The van der Waals surface area contributed by atoms with Crippen LogP contribution in [0.3, 0.4) is 0 Å². The molecule has 0 heterocycles. The number of carbonyl (C=O) groups excluding carboxylic acids is 6. The number of alkyl halides is 3. The van der Waals surface area contributed by atoms with Crippen molar-refractivity contribution in [2.75, 3.05) is 46.2 Å². The normalized spacial score (nSPS) is 12.5. The second-order valence-corrected chi connectivity index (χ2v) is 17.7. The smallest absolute Gasteiger partial charge is 0.258 e. The fourth-order valence-corrected chi connectivity index (χ4v) is 7.59. The number of Topliss-reactive ketones (excluding diaryl/α,β-unsaturated/α-hetero) is 2. The number of anilines is 4. The van der Waals surface area contributed by atoms with Crippen molar-refractivity contribution in [3.63, 3.8) is 0 Å². The average Bonchev–Trinajstić information content (AvgIpc) is 3.32. The van der Waals surface area contributed by atoms with Crippen molar-refractivity contribution in [3.05, 3.63) is 129 Å². The van der Waals surface area contributed by atoms with E-state index in [-0.39, 0.29) is 43.9 Å². The molecular weight excluding hydrogens is 1020 g/mol. The standard InChI is InChI=1S/C50H49Cl5N8O8/c1-6-70-43-16-8-30(18-20-51)22-41(43)58-47(66)32-10-13-36(54)39(24-32)60-62-45(28(4)64)49(68)56-34-12-15-38(35(26-34)27(3)53)57-50(69)46(29(5)65)63-61-40-25-33(11-14-37(40)55)48(67)59-42-23-31(19-21-52)9-17-44(42)71-7-2/h8-17,22-27,45-46H,6-7,18-21H2,1-5H3,(H,56,68)(H,57,69)(H,58,66)(H,59,67). The minimum atomic E-state index is -1.66. The molecule has 372 valence electrons. The Morgan fingerprint density at radius 2 is 1.01 bits per heavy atom. The quantitative estimate of drug-likeness (QED) is 0.0279. The van der Waals surface area contributed by atoms with Crippen LogP contribution in [0.25, 0.3) is 0 Å². The number of ketones is 2. The highest BCUT2D eigenvalue weighted by Crippen LogP contribution is 2.34. The molecule has 3 unspecified atom stereocenters. The van der Waals surface area contributed by atoms with Crippen LogP contribution in [0.1, 0.15) is 77.4 Å². The maximum Gasteiger partial charge on any atom is 0.258 e. The second-order valence-electron chi connectivity index (χ2n) is 15.5. The predicted octanol–water partition coefficient (Wildman–Crippen LogP) is 12.5. The molecule has 0 fully saturated rings. The first kappa shape index (κ1) is 55.5. The lowest BCUT2D eigenvalue weighted by Gasteiger charge is -2.17. The minimum Gasteiger partial charge on any atom is -0.492 e. The van der Waals surface area contributed by atoms with Gasteiger partial charge >= 0.3 is 0 Å². The van der Waals surface area contributed by atoms with Crippen molar-refractivity contribution in [3.8, 4) is 11.5 Å². The van der Waals surface area contributed by atoms with Gasteiger partial charge in [0, 0.05) is 34.3 Å². The molecule has 0 bridgehead atoms. The number of amides is 4. The number of aryl methyl sites for hydroxylation is 2. The molecule has 5 rings (SSSR count). The van der Waals surface area contributed by atoms with Crippen molar-refractivity contribution in [1.82, 2.24) is 0 Å². The maximum atomic E-state index is 13.6. The molecule has 4 N–H and O–H groups in total. The van der Waals surface area contributed by atoms with Crippen LogP contribution in [0.15, 0.2) is 111 Å². The lowest BCUT2D eigenvalue weighted by Crippen LogP contribution is -2.32. The van der Waals surface area contributed by atoms with Crippen molar-refractivity contribution in [2.45, 2.75) is 64.9 Å². The third kappa shape index (κ3) is 15.5. The van der Waals surface area contributed by atoms with Gasteiger partial charge in [-0.15, -0.1) is 34.8 Å². The van der Waals surface area contributed by atoms with Crippen LogP contribution >= 0.6 is 58.0 Å². The number of nitrogens with zero attached hydrogens (tertiary/aromatic N) is 4. The van der Waals surface area contributed by atoms with Gasteiger partial charge in [0.1, 0.15) is 22.9 Å². The van der Waals surface area contributed by atoms with E-state index in [2.05, 4.69) is 41.7 Å². The van der Waals surface area contributed by atoms with Crippen LogP contribution in [0.4, 0.5) is 34.1 Å². The molecule has 0 spiro atoms. The lowest BCUT2D eigenvalue weighted by atomic mass is 10.1. The molecule has 71 heavy (non-hydrogen) atoms. The monoisotopic (exact) mass is 1060 g/mol. The zero-order valence-electron chi connectivity index (χ0n) is 39.1. The van der Waals surface area contributed by atoms with Crippen LogP contribution < -0.4 is 30.7 Å². The Kier molecular flexibility index (Phi) is 20.9. The summed E-state index contributed by atoms with van der Waals surface area (Å²) in [6.07, 6.45) is 1.15. The van der Waals surface area contributed by atoms with Gasteiger partial charge in [-0.2, -0.15) is 20.5 Å². The second kappa shape index (κ2) is 26.7. The van der Waals surface area contributed by atoms with E-state index >= 15 is 0 Å². The van der Waals surface area contributed by atoms with Crippen LogP contribution in [0.2, 0.25) is 10.0 Å². The Morgan fingerprint density at radius 3 is 1.42 bits per heavy atom. The van der Waals surface area contributed by atoms with Gasteiger partial charge < -0.3 is 30.7 Å². The van der Waals surface area contributed by atoms with Gasteiger partial charge in [0.2, 0.25) is 12.1 Å². The first-order valence-corrected chi connectivity index (χ1v) is 24.3. The number of hydrogen-bond acceptors (Lipinski definition) is 12. The topological polar surface area (TPSA) is 218 Å². The summed E-state index contributed by atoms with van der Waals surface area (Å²) < 4.78 is 11.4. The number of benzene rings is 5. The molecule has 0 aliphatic carbocycles. The molecular formula is C50H49Cl5N8O8. The highest BCUT2D eigenvalue weighted by atomic mass is 35.5. The maximum absolute atomic E-state index is 13.6. The zero-order chi connectivity index (χ0) is 51.8. The van der Waals surface area contributed by atoms with E-state index in [0.29, 0.717) is 66.3 Å². The highest BCUT2D eigenvalue weighted by Gasteiger charge is 2.27. The van der Waals surface area contributed by atoms with E-state index in [4.69, 9.17) is 67.5 Å². The van der Waals surface area contributed by atoms with Gasteiger partial charge in [0.15, 0.2) is 11.6 Å². The third-order valence-electron chi connectivity index (χ3n) is 10.2. The van der Waals surface area contributed by atoms with Gasteiger partial charge in [-0.05, 0) is 143 Å². The number of hydrogen-bond donors (Lipinski definition) is 4. The first-order chi connectivity index (χ1) is 34.0. The van der Waals surface area contributed by atoms with E-state index < -0.39 is 52.7 Å². The highest BCUT2D eigenvalue weighted by molar-refractivity contribution is 6.33. The van der Waals surface area contributed by atoms with Gasteiger partial charge in [-0.3, -0.25) is 28.8 Å². The minimum absolute atomic E-state index is 0.00909. The van der Waals surface area contributed by atoms with E-state index in [9.17, 15) is 28.8 Å². The van der Waals surface area contributed by atoms with E-state index in [0.717, 1.165) is 25.0 Å². The molecule has 0 saturated heterocycles. The van der Waals surface area contributed by atoms with E-state index in [1.54, 1.807) is 31.2 Å². The first-order valence-electron chi connectivity index (χ1n) is 22.0. The Bertz CT molecular complexity index is 2860. The lowest BCUT2D eigenvalue weighted by molar-refractivity contribution is -0.127. The van der Waals surface area contributed by atoms with Gasteiger partial charge in [-0.1, -0.05) is 35.3 Å². The summed E-state index contributed by atoms with van der Waals surface area (Å²) >= 11 is 31.2. The van der Waals surface area contributed by atoms with Crippen LogP contribution in [-0.4, -0.2) is 72.3 Å². The number of rotatable bonds is 23. The van der Waals surface area contributed by atoms with Crippen molar-refractivity contribution in [2.24, 2.45) is 20.5 Å². The summed E-state index contributed by atoms with van der Waals surface area (Å²) in [5.74, 6) is -2.39. The summed E-state index contributed by atoms with van der Waals surface area (Å²) in [5.41, 5.74) is 3.64. The third-order valence-corrected chi connectivity index (χ3v) is 11.5. The number of azo groups is 2. The predicted molar refractivity (Wildman–Crippen MR) is 279 cm³/mol. The van der Waals surface area contributed by atoms with Crippen LogP contribution in [0, 0.1) is 0 Å². The number of carbonyl (C=O) groups is 6. The summed E-state index contributed by atoms with van der Waals surface area (Å²) in [7, 11) is 0. The van der Waals surface area contributed by atoms with E-state index in [1.165, 1.54) is 54.6 Å². The number of ether oxygens (including phenoxy) is 2. The summed E-state index contributed by atoms with van der Waals surface area (Å²) in [5, 5.41) is 26.5. The molecule has 0 radical (unpaired) electrons. The summed E-state index contributed by atoms with van der Waals surface area (Å²) in [4.78, 5) is 79.5. The van der Waals surface area contributed by atoms with Crippen molar-refractivity contribution < 1.29 is 38.2 Å². The molecule has 3 atom stereocenters. The Morgan fingerprint density at radius 1 is 0.563 bits per heavy atom. The Labute approximate surface area is 435 Å². The zero-order valence-corrected chi connectivity index (χ0v) is 42.9. The molecule has 16 nitrogen and oxygen atoms in total. The Balaban J connectivity index is 1.29. The molecule has 0 saturated carbocycles. The molecule has 0 aromatic heterocycles. The van der Waals surface area contributed by atoms with Gasteiger partial charge in [-0.25, -0.2) is 0 Å². The summed E-state index contributed by atoms with van der Waals surface area (Å²) in [6, 6.07) is 20.3. The van der Waals surface area contributed by atoms with E-state index in [1.807, 2.05) is 26.0 Å². The SMILES string of the molecule is CCOc1ccc(CCCl)cc1NC(=O)c1ccc(Cl)c(N=NC(C(C)=O)C(=O)Nc2ccc(NC(=O)C(N=Nc3cc(C(=O)Nc4cc(CCCl)ccc4OCC)ccc3Cl)C(C)=O)c(C(C)Cl)c2)c1. The molecule has 21 heteroatoms. The number of nitrogens with one attached hydrogen (secondary N) is 4. The largest absolute Gasteiger partial charge is 0.492 e. The molecule has 4 amide bonds. The average molecular weight is 1070 g/mol. The van der Waals surface area contributed by atoms with Gasteiger partial charge in [0.25, 0.3) is 23.6 Å². The van der Waals surface area contributed by atoms with Crippen LogP contribution in [0.5, 0.6) is 11.5 Å². The fourth-order valence-electron chi connectivity index (χ4n) is 6.66. The fraction of sp³-hybridized carbons (Fsp3) is 0.280. The van der Waals surface area contributed by atoms with Crippen LogP contribution in [-0.2, 0) is 32.0 Å². The van der Waals surface area contributed by atoms with Crippen molar-refractivity contribution in [1.29, 1.82) is 0 Å².